The molecule has 0 spiro atoms. The number of benzene rings is 2. The molecule has 0 atom stereocenters. The minimum atomic E-state index is -1.63. The zero-order chi connectivity index (χ0) is 21.3. The van der Waals surface area contributed by atoms with Crippen LogP contribution in [0.25, 0.3) is 11.1 Å². The molecule has 0 radical (unpaired) electrons. The maximum absolute atomic E-state index is 6.08. The lowest BCUT2D eigenvalue weighted by Gasteiger charge is -2.27. The highest BCUT2D eigenvalue weighted by Gasteiger charge is 2.26. The predicted molar refractivity (Wildman–Crippen MR) is 122 cm³/mol. The summed E-state index contributed by atoms with van der Waals surface area (Å²) in [6.07, 6.45) is 0. The van der Waals surface area contributed by atoms with E-state index >= 15 is 0 Å². The molecule has 154 valence electrons. The van der Waals surface area contributed by atoms with Gasteiger partial charge in [-0.05, 0) is 68.7 Å². The molecule has 0 aliphatic rings. The van der Waals surface area contributed by atoms with Gasteiger partial charge in [-0.2, -0.15) is 0 Å². The second-order valence-electron chi connectivity index (χ2n) is 8.80. The molecule has 6 heteroatoms. The Labute approximate surface area is 179 Å². The van der Waals surface area contributed by atoms with Crippen LogP contribution in [0.2, 0.25) is 0 Å². The van der Waals surface area contributed by atoms with Crippen molar-refractivity contribution in [1.29, 1.82) is 0 Å². The number of halogens is 2. The lowest BCUT2D eigenvalue weighted by atomic mass is 9.82. The normalized spacial score (nSPS) is 12.2. The zero-order valence-corrected chi connectivity index (χ0v) is 20.2. The first-order valence-electron chi connectivity index (χ1n) is 9.09. The van der Waals surface area contributed by atoms with Gasteiger partial charge in [0.2, 0.25) is 0 Å². The van der Waals surface area contributed by atoms with Gasteiger partial charge in [0.05, 0.1) is 14.2 Å². The van der Waals surface area contributed by atoms with Crippen LogP contribution in [-0.2, 0) is 10.8 Å². The van der Waals surface area contributed by atoms with Crippen molar-refractivity contribution < 1.29 is 14.0 Å². The summed E-state index contributed by atoms with van der Waals surface area (Å²) in [7, 11) is 3.33. The molecule has 28 heavy (non-hydrogen) atoms. The van der Waals surface area contributed by atoms with E-state index in [4.69, 9.17) is 36.5 Å². The van der Waals surface area contributed by atoms with E-state index in [9.17, 15) is 0 Å². The summed E-state index contributed by atoms with van der Waals surface area (Å²) in [6, 6.07) is 10.1. The molecule has 2 aromatic rings. The Morgan fingerprint density at radius 1 is 0.750 bits per heavy atom. The number of methoxy groups -OCH3 is 2. The van der Waals surface area contributed by atoms with Gasteiger partial charge in [-0.15, -0.1) is 0 Å². The van der Waals surface area contributed by atoms with Crippen LogP contribution >= 0.6 is 29.3 Å². The van der Waals surface area contributed by atoms with Gasteiger partial charge in [0, 0.05) is 11.1 Å². The van der Waals surface area contributed by atoms with Crippen molar-refractivity contribution in [3.8, 4) is 28.4 Å². The van der Waals surface area contributed by atoms with Crippen LogP contribution in [0.1, 0.15) is 52.7 Å². The van der Waals surface area contributed by atoms with E-state index in [1.165, 1.54) is 0 Å². The third-order valence-corrected chi connectivity index (χ3v) is 5.32. The van der Waals surface area contributed by atoms with Gasteiger partial charge in [0.25, 0.3) is 6.85 Å². The standard InChI is InChI=1S/C22H29Cl2O3P/c1-21(2,3)15-9-14(10-16(11-15)25-7)18-12-17(26-8)13-19(22(4,5)6)20(18)27-28(23)24/h9-13H,1-8H3. The lowest BCUT2D eigenvalue weighted by Crippen LogP contribution is -2.14. The Balaban J connectivity index is 2.87. The highest BCUT2D eigenvalue weighted by Crippen LogP contribution is 2.53. The predicted octanol–water partition coefficient (Wildman–Crippen LogP) is 8.05. The van der Waals surface area contributed by atoms with Gasteiger partial charge in [0.1, 0.15) is 17.2 Å². The largest absolute Gasteiger partial charge is 0.497 e. The maximum Gasteiger partial charge on any atom is 0.284 e. The fraction of sp³-hybridized carbons (Fsp3) is 0.455. The van der Waals surface area contributed by atoms with Crippen molar-refractivity contribution >= 4 is 29.3 Å². The van der Waals surface area contributed by atoms with Crippen LogP contribution in [0.4, 0.5) is 0 Å². The van der Waals surface area contributed by atoms with Crippen LogP contribution in [0.5, 0.6) is 17.2 Å². The summed E-state index contributed by atoms with van der Waals surface area (Å²) >= 11 is 12.2. The molecule has 0 saturated heterocycles. The van der Waals surface area contributed by atoms with Crippen molar-refractivity contribution in [3.05, 3.63) is 41.5 Å². The van der Waals surface area contributed by atoms with Crippen LogP contribution < -0.4 is 14.0 Å². The zero-order valence-electron chi connectivity index (χ0n) is 17.8. The van der Waals surface area contributed by atoms with Crippen LogP contribution in [0.15, 0.2) is 30.3 Å². The van der Waals surface area contributed by atoms with Crippen molar-refractivity contribution in [3.63, 3.8) is 0 Å². The summed E-state index contributed by atoms with van der Waals surface area (Å²) in [4.78, 5) is 0. The average molecular weight is 443 g/mol. The molecule has 0 heterocycles. The van der Waals surface area contributed by atoms with Crippen molar-refractivity contribution in [2.24, 2.45) is 0 Å². The first-order chi connectivity index (χ1) is 12.9. The number of rotatable bonds is 5. The van der Waals surface area contributed by atoms with E-state index in [1.54, 1.807) is 14.2 Å². The first kappa shape index (κ1) is 23.1. The molecular formula is C22H29Cl2O3P. The fourth-order valence-electron chi connectivity index (χ4n) is 2.96. The van der Waals surface area contributed by atoms with E-state index in [0.717, 1.165) is 33.8 Å². The van der Waals surface area contributed by atoms with E-state index in [2.05, 4.69) is 53.7 Å². The molecule has 0 unspecified atom stereocenters. The summed E-state index contributed by atoms with van der Waals surface area (Å²) in [5, 5.41) is 0. The van der Waals surface area contributed by atoms with Gasteiger partial charge in [-0.3, -0.25) is 0 Å². The maximum atomic E-state index is 6.08. The summed E-state index contributed by atoms with van der Waals surface area (Å²) < 4.78 is 17.1. The Kier molecular flexibility index (Phi) is 7.18. The highest BCUT2D eigenvalue weighted by molar-refractivity contribution is 8.00. The smallest absolute Gasteiger partial charge is 0.284 e. The Morgan fingerprint density at radius 3 is 1.79 bits per heavy atom. The summed E-state index contributed by atoms with van der Waals surface area (Å²) in [6.45, 7) is 11.2. The van der Waals surface area contributed by atoms with Crippen molar-refractivity contribution in [2.75, 3.05) is 14.2 Å². The van der Waals surface area contributed by atoms with Crippen LogP contribution in [-0.4, -0.2) is 14.2 Å². The minimum absolute atomic E-state index is 0.0401. The molecule has 0 amide bonds. The van der Waals surface area contributed by atoms with E-state index in [-0.39, 0.29) is 10.8 Å². The number of ether oxygens (including phenoxy) is 2. The van der Waals surface area contributed by atoms with E-state index < -0.39 is 6.85 Å². The molecule has 0 saturated carbocycles. The average Bonchev–Trinajstić information content (AvgIpc) is 2.59. The molecule has 2 aromatic carbocycles. The summed E-state index contributed by atoms with van der Waals surface area (Å²) in [5.74, 6) is 2.21. The Morgan fingerprint density at radius 2 is 1.32 bits per heavy atom. The van der Waals surface area contributed by atoms with Crippen molar-refractivity contribution in [2.45, 2.75) is 52.4 Å². The molecule has 0 aliphatic carbocycles. The Bertz CT molecular complexity index is 837. The van der Waals surface area contributed by atoms with Crippen molar-refractivity contribution in [1.82, 2.24) is 0 Å². The SMILES string of the molecule is COc1cc(-c2cc(OC)cc(C(C)(C)C)c2OP(Cl)Cl)cc(C(C)(C)C)c1. The second-order valence-corrected chi connectivity index (χ2v) is 11.7. The molecule has 0 bridgehead atoms. The van der Waals surface area contributed by atoms with Gasteiger partial charge in [-0.1, -0.05) is 47.6 Å². The first-order valence-corrected chi connectivity index (χ1v) is 12.2. The highest BCUT2D eigenvalue weighted by atomic mass is 35.9. The molecule has 2 rings (SSSR count). The topological polar surface area (TPSA) is 27.7 Å². The molecule has 3 nitrogen and oxygen atoms in total. The molecule has 0 N–H and O–H groups in total. The van der Waals surface area contributed by atoms with Crippen LogP contribution in [0, 0.1) is 0 Å². The van der Waals surface area contributed by atoms with Gasteiger partial charge >= 0.3 is 0 Å². The third-order valence-electron chi connectivity index (χ3n) is 4.59. The van der Waals surface area contributed by atoms with Gasteiger partial charge in [0.15, 0.2) is 0 Å². The Hall–Kier alpha value is -1.15. The quantitative estimate of drug-likeness (QED) is 0.438. The summed E-state index contributed by atoms with van der Waals surface area (Å²) in [5.41, 5.74) is 3.75. The third kappa shape index (κ3) is 5.47. The van der Waals surface area contributed by atoms with Gasteiger partial charge in [-0.25, -0.2) is 0 Å². The molecular weight excluding hydrogens is 414 g/mol. The number of hydrogen-bond acceptors (Lipinski definition) is 3. The second kappa shape index (κ2) is 8.69. The number of hydrogen-bond donors (Lipinski definition) is 0. The van der Waals surface area contributed by atoms with Gasteiger partial charge < -0.3 is 14.0 Å². The van der Waals surface area contributed by atoms with E-state index in [1.807, 2.05) is 18.2 Å². The molecule has 0 aliphatic heterocycles. The molecule has 0 fully saturated rings. The monoisotopic (exact) mass is 442 g/mol. The molecule has 0 aromatic heterocycles. The van der Waals surface area contributed by atoms with E-state index in [0.29, 0.717) is 5.75 Å². The van der Waals surface area contributed by atoms with Crippen LogP contribution in [0.3, 0.4) is 0 Å². The lowest BCUT2D eigenvalue weighted by molar-refractivity contribution is 0.411. The fourth-order valence-corrected chi connectivity index (χ4v) is 3.71. The minimum Gasteiger partial charge on any atom is -0.497 e.